The van der Waals surface area contributed by atoms with Gasteiger partial charge in [0.05, 0.1) is 16.4 Å². The molecular formula is C44H31N. The minimum Gasteiger partial charge on any atom is -0.309 e. The maximum absolute atomic E-state index is 2.51. The lowest BCUT2D eigenvalue weighted by atomic mass is 9.64. The van der Waals surface area contributed by atoms with Crippen LogP contribution in [0, 0.1) is 0 Å². The van der Waals surface area contributed by atoms with Crippen LogP contribution in [0.5, 0.6) is 0 Å². The van der Waals surface area contributed by atoms with E-state index in [-0.39, 0.29) is 0 Å². The first-order valence-electron chi connectivity index (χ1n) is 15.7. The van der Waals surface area contributed by atoms with Gasteiger partial charge in [0.15, 0.2) is 0 Å². The number of aromatic nitrogens is 1. The molecule has 2 aliphatic carbocycles. The van der Waals surface area contributed by atoms with Crippen molar-refractivity contribution in [1.82, 2.24) is 4.57 Å². The van der Waals surface area contributed by atoms with Crippen LogP contribution in [0.1, 0.15) is 22.3 Å². The van der Waals surface area contributed by atoms with E-state index in [0.717, 1.165) is 6.42 Å². The Labute approximate surface area is 263 Å². The first-order valence-corrected chi connectivity index (χ1v) is 15.7. The highest BCUT2D eigenvalue weighted by Gasteiger charge is 2.40. The highest BCUT2D eigenvalue weighted by atomic mass is 15.0. The third kappa shape index (κ3) is 3.94. The Morgan fingerprint density at radius 3 is 1.93 bits per heavy atom. The molecule has 1 heterocycles. The van der Waals surface area contributed by atoms with Gasteiger partial charge < -0.3 is 4.57 Å². The number of rotatable bonds is 4. The molecule has 0 spiro atoms. The van der Waals surface area contributed by atoms with Crippen molar-refractivity contribution in [2.75, 3.05) is 0 Å². The van der Waals surface area contributed by atoms with Crippen LogP contribution >= 0.6 is 0 Å². The van der Waals surface area contributed by atoms with Gasteiger partial charge in [-0.2, -0.15) is 0 Å². The Morgan fingerprint density at radius 2 is 1.09 bits per heavy atom. The summed E-state index contributed by atoms with van der Waals surface area (Å²) in [6, 6.07) is 64.9. The molecule has 1 aromatic heterocycles. The highest BCUT2D eigenvalue weighted by Crippen LogP contribution is 2.49. The zero-order valence-electron chi connectivity index (χ0n) is 24.9. The fourth-order valence-corrected chi connectivity index (χ4v) is 7.76. The summed E-state index contributed by atoms with van der Waals surface area (Å²) in [5, 5.41) is 2.54. The molecule has 1 nitrogen and oxygen atoms in total. The fraction of sp³-hybridized carbons (Fsp3) is 0.0455. The summed E-state index contributed by atoms with van der Waals surface area (Å²) in [4.78, 5) is 0. The number of benzene rings is 7. The molecule has 1 unspecified atom stereocenters. The van der Waals surface area contributed by atoms with Crippen LogP contribution < -0.4 is 0 Å². The van der Waals surface area contributed by atoms with Gasteiger partial charge in [0.1, 0.15) is 0 Å². The number of fused-ring (bicyclic) bond motifs is 6. The van der Waals surface area contributed by atoms with E-state index < -0.39 is 5.41 Å². The Balaban J connectivity index is 1.42. The Kier molecular flexibility index (Phi) is 5.86. The van der Waals surface area contributed by atoms with Gasteiger partial charge in [-0.15, -0.1) is 0 Å². The molecule has 2 bridgehead atoms. The predicted octanol–water partition coefficient (Wildman–Crippen LogP) is 11.0. The molecule has 45 heavy (non-hydrogen) atoms. The van der Waals surface area contributed by atoms with Gasteiger partial charge in [0, 0.05) is 16.5 Å². The van der Waals surface area contributed by atoms with Crippen molar-refractivity contribution >= 4 is 21.8 Å². The molecule has 0 aliphatic heterocycles. The first kappa shape index (κ1) is 25.8. The van der Waals surface area contributed by atoms with E-state index >= 15 is 0 Å². The van der Waals surface area contributed by atoms with Crippen LogP contribution in [0.15, 0.2) is 176 Å². The van der Waals surface area contributed by atoms with Crippen molar-refractivity contribution in [2.45, 2.75) is 11.8 Å². The van der Waals surface area contributed by atoms with Gasteiger partial charge in [0.25, 0.3) is 0 Å². The van der Waals surface area contributed by atoms with E-state index in [4.69, 9.17) is 0 Å². The topological polar surface area (TPSA) is 4.93 Å². The molecule has 0 amide bonds. The monoisotopic (exact) mass is 573 g/mol. The van der Waals surface area contributed by atoms with Crippen LogP contribution in [0.25, 0.3) is 49.7 Å². The summed E-state index contributed by atoms with van der Waals surface area (Å²) in [5.41, 5.74) is 13.6. The summed E-state index contributed by atoms with van der Waals surface area (Å²) in [5.74, 6) is 0. The average Bonchev–Trinajstić information content (AvgIpc) is 3.45. The molecule has 0 N–H and O–H groups in total. The summed E-state index contributed by atoms with van der Waals surface area (Å²) in [6.45, 7) is 0. The van der Waals surface area contributed by atoms with Gasteiger partial charge in [0.2, 0.25) is 0 Å². The first-order chi connectivity index (χ1) is 22.3. The predicted molar refractivity (Wildman–Crippen MR) is 188 cm³/mol. The maximum atomic E-state index is 2.51. The third-order valence-corrected chi connectivity index (χ3v) is 9.79. The molecule has 0 radical (unpaired) electrons. The molecule has 2 aliphatic rings. The normalized spacial score (nSPS) is 15.6. The van der Waals surface area contributed by atoms with Crippen molar-refractivity contribution in [3.05, 3.63) is 198 Å². The van der Waals surface area contributed by atoms with E-state index in [1.807, 2.05) is 0 Å². The number of hydrogen-bond acceptors (Lipinski definition) is 0. The standard InChI is InChI=1S/C44H31N/c1-3-13-31(14-4-1)33-16-11-19-37(29-33)45-42-24-10-9-21-39(42)40-22-12-23-41(43(40)45)44(35-17-5-2-6-18-35)30-34-15-7-8-20-38(34)32-25-27-36(44)28-26-32/h1-29H,30H2. The summed E-state index contributed by atoms with van der Waals surface area (Å²) < 4.78 is 2.51. The molecule has 8 aromatic rings. The van der Waals surface area contributed by atoms with Crippen LogP contribution in [0.4, 0.5) is 0 Å². The minimum atomic E-state index is -0.418. The van der Waals surface area contributed by atoms with E-state index in [1.54, 1.807) is 0 Å². The van der Waals surface area contributed by atoms with Gasteiger partial charge in [-0.1, -0.05) is 158 Å². The molecular weight excluding hydrogens is 542 g/mol. The second-order valence-corrected chi connectivity index (χ2v) is 12.2. The fourth-order valence-electron chi connectivity index (χ4n) is 7.76. The Bertz CT molecular complexity index is 2330. The van der Waals surface area contributed by atoms with E-state index in [0.29, 0.717) is 0 Å². The number of para-hydroxylation sites is 2. The number of hydrogen-bond donors (Lipinski definition) is 0. The largest absolute Gasteiger partial charge is 0.309 e. The summed E-state index contributed by atoms with van der Waals surface area (Å²) in [7, 11) is 0. The lowest BCUT2D eigenvalue weighted by molar-refractivity contribution is 0.615. The maximum Gasteiger partial charge on any atom is 0.0585 e. The van der Waals surface area contributed by atoms with Crippen LogP contribution in [-0.2, 0) is 11.8 Å². The van der Waals surface area contributed by atoms with Crippen molar-refractivity contribution in [3.8, 4) is 27.9 Å². The van der Waals surface area contributed by atoms with Crippen LogP contribution in [0.2, 0.25) is 0 Å². The highest BCUT2D eigenvalue weighted by molar-refractivity contribution is 6.11. The second-order valence-electron chi connectivity index (χ2n) is 12.2. The molecule has 7 aromatic carbocycles. The lowest BCUT2D eigenvalue weighted by Gasteiger charge is -2.39. The molecule has 1 atom stereocenters. The molecule has 212 valence electrons. The third-order valence-electron chi connectivity index (χ3n) is 9.79. The quantitative estimate of drug-likeness (QED) is 0.197. The average molecular weight is 574 g/mol. The Hall–Kier alpha value is -5.66. The van der Waals surface area contributed by atoms with Crippen molar-refractivity contribution in [3.63, 3.8) is 0 Å². The van der Waals surface area contributed by atoms with Gasteiger partial charge >= 0.3 is 0 Å². The molecule has 10 rings (SSSR count). The smallest absolute Gasteiger partial charge is 0.0585 e. The van der Waals surface area contributed by atoms with Crippen molar-refractivity contribution < 1.29 is 0 Å². The molecule has 1 heteroatoms. The SMILES string of the molecule is c1ccc(-c2cccc(-n3c4ccccc4c4cccc(C5(c6ccccc6)Cc6ccccc6-c6ccc5cc6)c43)c2)cc1. The van der Waals surface area contributed by atoms with Crippen LogP contribution in [0.3, 0.4) is 0 Å². The Morgan fingerprint density at radius 1 is 0.444 bits per heavy atom. The second kappa shape index (κ2) is 10.2. The van der Waals surface area contributed by atoms with Gasteiger partial charge in [-0.3, -0.25) is 0 Å². The van der Waals surface area contributed by atoms with E-state index in [9.17, 15) is 0 Å². The summed E-state index contributed by atoms with van der Waals surface area (Å²) in [6.07, 6.45) is 0.866. The van der Waals surface area contributed by atoms with Gasteiger partial charge in [-0.05, 0) is 69.1 Å². The lowest BCUT2D eigenvalue weighted by Crippen LogP contribution is -2.33. The minimum absolute atomic E-state index is 0.418. The van der Waals surface area contributed by atoms with Gasteiger partial charge in [-0.25, -0.2) is 0 Å². The zero-order chi connectivity index (χ0) is 29.8. The van der Waals surface area contributed by atoms with Crippen LogP contribution in [-0.4, -0.2) is 4.57 Å². The zero-order valence-corrected chi connectivity index (χ0v) is 24.9. The summed E-state index contributed by atoms with van der Waals surface area (Å²) >= 11 is 0. The number of nitrogens with zero attached hydrogens (tertiary/aromatic N) is 1. The van der Waals surface area contributed by atoms with Crippen molar-refractivity contribution in [1.29, 1.82) is 0 Å². The molecule has 0 fully saturated rings. The molecule has 0 saturated carbocycles. The molecule has 0 saturated heterocycles. The van der Waals surface area contributed by atoms with Crippen molar-refractivity contribution in [2.24, 2.45) is 0 Å². The van der Waals surface area contributed by atoms with E-state index in [1.165, 1.54) is 72.0 Å². The van der Waals surface area contributed by atoms with E-state index in [2.05, 4.69) is 180 Å².